The standard InChI is InChI=1S/C29H51NO6S.Na/c1-18(6-5-7-19(2)27(33)30-14-15-37(34,35)36)22-8-9-23-26-24(11-13-29(22,23)4)28(3)12-10-21(31)16-20(28)17-25(26)32;/h18-26,31-32H,5-17H2,1-4H3,(H,30,33)(H,34,35,36);/q;+1/p-1/t18-,19+,20+,21-,22-,23+,24+,25-,26+,28+,29-;/m1./s1. The SMILES string of the molecule is C[C@H](CCC[C@H](C)C(=O)NCCS(=O)(=O)[O-])[C@H]1CC[C@H]2[C@@H]3[C@H](O)C[C@@H]4C[C@H](O)CC[C@]4(C)[C@H]3CC[C@]12C.[Na+]. The van der Waals surface area contributed by atoms with Crippen LogP contribution in [0.3, 0.4) is 0 Å². The van der Waals surface area contributed by atoms with E-state index >= 15 is 0 Å². The number of aliphatic hydroxyl groups is 2. The van der Waals surface area contributed by atoms with Crippen molar-refractivity contribution in [3.63, 3.8) is 0 Å². The van der Waals surface area contributed by atoms with Gasteiger partial charge in [0.2, 0.25) is 5.91 Å². The van der Waals surface area contributed by atoms with Crippen LogP contribution < -0.4 is 34.9 Å². The summed E-state index contributed by atoms with van der Waals surface area (Å²) < 4.78 is 32.2. The number of carbonyl (C=O) groups excluding carboxylic acids is 1. The monoisotopic (exact) mass is 563 g/mol. The molecule has 4 aliphatic carbocycles. The van der Waals surface area contributed by atoms with Gasteiger partial charge in [-0.25, -0.2) is 8.42 Å². The van der Waals surface area contributed by atoms with Gasteiger partial charge >= 0.3 is 29.6 Å². The molecule has 0 saturated heterocycles. The third kappa shape index (κ3) is 6.68. The summed E-state index contributed by atoms with van der Waals surface area (Å²) in [7, 11) is -4.31. The Morgan fingerprint density at radius 2 is 1.66 bits per heavy atom. The maximum absolute atomic E-state index is 12.3. The Morgan fingerprint density at radius 1 is 1.00 bits per heavy atom. The molecule has 11 atom stereocenters. The van der Waals surface area contributed by atoms with E-state index in [1.807, 2.05) is 6.92 Å². The zero-order chi connectivity index (χ0) is 27.2. The number of nitrogens with one attached hydrogen (secondary N) is 1. The molecule has 7 nitrogen and oxygen atoms in total. The smallest absolute Gasteiger partial charge is 0.748 e. The fraction of sp³-hybridized carbons (Fsp3) is 0.966. The molecular formula is C29H50NNaO6S. The normalized spacial score (nSPS) is 42.1. The van der Waals surface area contributed by atoms with Crippen LogP contribution in [0.4, 0.5) is 0 Å². The van der Waals surface area contributed by atoms with E-state index in [1.165, 1.54) is 25.7 Å². The van der Waals surface area contributed by atoms with Gasteiger partial charge in [0, 0.05) is 12.5 Å². The van der Waals surface area contributed by atoms with Gasteiger partial charge < -0.3 is 20.1 Å². The minimum absolute atomic E-state index is 0. The van der Waals surface area contributed by atoms with Crippen molar-refractivity contribution in [1.82, 2.24) is 5.32 Å². The maximum Gasteiger partial charge on any atom is 1.00 e. The first-order valence-corrected chi connectivity index (χ1v) is 16.4. The van der Waals surface area contributed by atoms with Crippen LogP contribution in [0, 0.1) is 52.3 Å². The van der Waals surface area contributed by atoms with Gasteiger partial charge in [0.05, 0.1) is 28.1 Å². The topological polar surface area (TPSA) is 127 Å². The van der Waals surface area contributed by atoms with Crippen LogP contribution in [0.2, 0.25) is 0 Å². The number of aliphatic hydroxyl groups excluding tert-OH is 2. The number of rotatable bonds is 9. The molecular weight excluding hydrogens is 513 g/mol. The molecule has 0 heterocycles. The Hall–Kier alpha value is 0.300. The summed E-state index contributed by atoms with van der Waals surface area (Å²) in [4.78, 5) is 12.3. The van der Waals surface area contributed by atoms with E-state index in [4.69, 9.17) is 0 Å². The van der Waals surface area contributed by atoms with Crippen molar-refractivity contribution in [1.29, 1.82) is 0 Å². The molecule has 3 N–H and O–H groups in total. The average Bonchev–Trinajstić information content (AvgIpc) is 3.16. The van der Waals surface area contributed by atoms with E-state index in [1.54, 1.807) is 0 Å². The van der Waals surface area contributed by atoms with Gasteiger partial charge in [-0.2, -0.15) is 0 Å². The molecule has 0 aromatic rings. The van der Waals surface area contributed by atoms with Gasteiger partial charge in [0.1, 0.15) is 0 Å². The first kappa shape index (κ1) is 32.8. The van der Waals surface area contributed by atoms with E-state index in [0.717, 1.165) is 44.9 Å². The number of fused-ring (bicyclic) bond motifs is 5. The van der Waals surface area contributed by atoms with Gasteiger partial charge in [0.25, 0.3) is 0 Å². The molecule has 4 aliphatic rings. The van der Waals surface area contributed by atoms with Gasteiger partial charge in [-0.15, -0.1) is 0 Å². The van der Waals surface area contributed by atoms with E-state index in [-0.39, 0.29) is 71.0 Å². The molecule has 0 aromatic carbocycles. The summed E-state index contributed by atoms with van der Waals surface area (Å²) in [5, 5.41) is 24.3. The summed E-state index contributed by atoms with van der Waals surface area (Å²) in [6, 6.07) is 0. The van der Waals surface area contributed by atoms with Crippen LogP contribution in [0.25, 0.3) is 0 Å². The third-order valence-corrected chi connectivity index (χ3v) is 12.5. The summed E-state index contributed by atoms with van der Waals surface area (Å²) in [5.41, 5.74) is 0.508. The van der Waals surface area contributed by atoms with Gasteiger partial charge in [-0.05, 0) is 104 Å². The maximum atomic E-state index is 12.3. The van der Waals surface area contributed by atoms with Crippen LogP contribution in [0.15, 0.2) is 0 Å². The summed E-state index contributed by atoms with van der Waals surface area (Å²) in [6.45, 7) is 9.06. The van der Waals surface area contributed by atoms with Crippen molar-refractivity contribution in [2.75, 3.05) is 12.3 Å². The molecule has 4 fully saturated rings. The Bertz CT molecular complexity index is 932. The molecule has 0 radical (unpaired) electrons. The predicted octanol–water partition coefficient (Wildman–Crippen LogP) is 1.08. The Balaban J connectivity index is 0.00000400. The van der Waals surface area contributed by atoms with Gasteiger partial charge in [-0.3, -0.25) is 4.79 Å². The first-order chi connectivity index (χ1) is 17.3. The molecule has 214 valence electrons. The molecule has 1 amide bonds. The van der Waals surface area contributed by atoms with Gasteiger partial charge in [0.15, 0.2) is 0 Å². The van der Waals surface area contributed by atoms with Crippen molar-refractivity contribution >= 4 is 16.0 Å². The van der Waals surface area contributed by atoms with Crippen molar-refractivity contribution in [2.45, 2.75) is 111 Å². The van der Waals surface area contributed by atoms with Crippen molar-refractivity contribution in [2.24, 2.45) is 52.3 Å². The Kier molecular flexibility index (Phi) is 10.9. The van der Waals surface area contributed by atoms with E-state index in [0.29, 0.717) is 35.5 Å². The number of amides is 1. The Labute approximate surface area is 252 Å². The van der Waals surface area contributed by atoms with Crippen LogP contribution in [-0.2, 0) is 14.9 Å². The molecule has 0 bridgehead atoms. The average molecular weight is 564 g/mol. The zero-order valence-electron chi connectivity index (χ0n) is 24.3. The molecule has 0 spiro atoms. The van der Waals surface area contributed by atoms with E-state index < -0.39 is 15.9 Å². The largest absolute Gasteiger partial charge is 1.00 e. The van der Waals surface area contributed by atoms with Gasteiger partial charge in [-0.1, -0.05) is 40.5 Å². The predicted molar refractivity (Wildman–Crippen MR) is 142 cm³/mol. The van der Waals surface area contributed by atoms with Crippen LogP contribution in [0.5, 0.6) is 0 Å². The second kappa shape index (κ2) is 12.7. The number of hydrogen-bond acceptors (Lipinski definition) is 6. The number of hydrogen-bond donors (Lipinski definition) is 3. The fourth-order valence-electron chi connectivity index (χ4n) is 9.73. The van der Waals surface area contributed by atoms with E-state index in [9.17, 15) is 28.0 Å². The molecule has 0 aromatic heterocycles. The summed E-state index contributed by atoms with van der Waals surface area (Å²) >= 11 is 0. The second-order valence-electron chi connectivity index (χ2n) is 13.8. The summed E-state index contributed by atoms with van der Waals surface area (Å²) in [5.74, 6) is 2.20. The van der Waals surface area contributed by atoms with Crippen molar-refractivity contribution in [3.05, 3.63) is 0 Å². The molecule has 4 saturated carbocycles. The second-order valence-corrected chi connectivity index (χ2v) is 15.3. The molecule has 38 heavy (non-hydrogen) atoms. The van der Waals surface area contributed by atoms with E-state index in [2.05, 4.69) is 26.1 Å². The quantitative estimate of drug-likeness (QED) is 0.285. The Morgan fingerprint density at radius 3 is 2.34 bits per heavy atom. The first-order valence-electron chi connectivity index (χ1n) is 14.8. The molecule has 0 aliphatic heterocycles. The van der Waals surface area contributed by atoms with Crippen molar-refractivity contribution in [3.8, 4) is 0 Å². The zero-order valence-corrected chi connectivity index (χ0v) is 27.1. The third-order valence-electron chi connectivity index (χ3n) is 11.8. The number of carbonyl (C=O) groups is 1. The fourth-order valence-corrected chi connectivity index (χ4v) is 10.1. The minimum Gasteiger partial charge on any atom is -0.748 e. The van der Waals surface area contributed by atoms with Crippen LogP contribution in [0.1, 0.15) is 98.3 Å². The molecule has 0 unspecified atom stereocenters. The van der Waals surface area contributed by atoms with Crippen LogP contribution in [-0.4, -0.2) is 53.6 Å². The minimum atomic E-state index is -4.31. The summed E-state index contributed by atoms with van der Waals surface area (Å²) in [6.07, 6.45) is 10.9. The van der Waals surface area contributed by atoms with Crippen LogP contribution >= 0.6 is 0 Å². The molecule has 4 rings (SSSR count). The molecule has 9 heteroatoms. The van der Waals surface area contributed by atoms with Crippen molar-refractivity contribution < 1.29 is 57.5 Å².